The molecule has 1 aromatic heterocycles. The van der Waals surface area contributed by atoms with E-state index in [2.05, 4.69) is 6.07 Å². The van der Waals surface area contributed by atoms with Crippen molar-refractivity contribution in [3.63, 3.8) is 0 Å². The summed E-state index contributed by atoms with van der Waals surface area (Å²) in [5.74, 6) is 0.134. The average molecular weight is 321 g/mol. The molecule has 0 N–H and O–H groups in total. The number of ketones is 1. The van der Waals surface area contributed by atoms with Gasteiger partial charge in [0.25, 0.3) is 10.1 Å². The Kier molecular flexibility index (Phi) is 3.82. The molecule has 0 amide bonds. The van der Waals surface area contributed by atoms with Crippen LogP contribution >= 0.6 is 0 Å². The highest BCUT2D eigenvalue weighted by Crippen LogP contribution is 2.32. The maximum Gasteiger partial charge on any atom is 0.264 e. The third kappa shape index (κ3) is 2.80. The molecule has 0 atom stereocenters. The third-order valence-electron chi connectivity index (χ3n) is 4.03. The molecule has 2 aromatic rings. The number of carbonyl (C=O) groups excluding carboxylic acids is 1. The normalized spacial score (nSPS) is 15.3. The first-order valence-electron chi connectivity index (χ1n) is 7.36. The van der Waals surface area contributed by atoms with Crippen LogP contribution in [-0.4, -0.2) is 31.6 Å². The fraction of sp³-hybridized carbons (Fsp3) is 0.438. The van der Waals surface area contributed by atoms with Gasteiger partial charge >= 0.3 is 0 Å². The number of fused-ring (bicyclic) bond motifs is 3. The number of hydrogen-bond donors (Lipinski definition) is 0. The van der Waals surface area contributed by atoms with Crippen molar-refractivity contribution < 1.29 is 17.4 Å². The minimum absolute atomic E-state index is 0.0379. The molecule has 0 saturated heterocycles. The van der Waals surface area contributed by atoms with E-state index < -0.39 is 10.1 Å². The molecular formula is C16H19NO4S. The highest BCUT2D eigenvalue weighted by atomic mass is 32.2. The Labute approximate surface area is 130 Å². The summed E-state index contributed by atoms with van der Waals surface area (Å²) in [6.45, 7) is 2.42. The smallest absolute Gasteiger partial charge is 0.264 e. The standard InChI is InChI=1S/C16H19NO4S/c1-11-6-7-14-13(10-11)12-4-3-5-15(18)16(12)17(14)8-9-21-22(2,19)20/h6-7,10H,3-5,8-9H2,1-2H3. The van der Waals surface area contributed by atoms with Gasteiger partial charge in [-0.1, -0.05) is 11.6 Å². The third-order valence-corrected chi connectivity index (χ3v) is 4.63. The van der Waals surface area contributed by atoms with Gasteiger partial charge in [-0.2, -0.15) is 8.42 Å². The fourth-order valence-corrected chi connectivity index (χ4v) is 3.54. The molecule has 118 valence electrons. The highest BCUT2D eigenvalue weighted by Gasteiger charge is 2.25. The van der Waals surface area contributed by atoms with Crippen LogP contribution in [0.15, 0.2) is 18.2 Å². The minimum Gasteiger partial charge on any atom is -0.335 e. The van der Waals surface area contributed by atoms with E-state index in [0.29, 0.717) is 13.0 Å². The lowest BCUT2D eigenvalue weighted by Gasteiger charge is -2.14. The SMILES string of the molecule is Cc1ccc2c(c1)c1c(n2CCOS(C)(=O)=O)C(=O)CCC1. The van der Waals surface area contributed by atoms with Gasteiger partial charge in [0.1, 0.15) is 0 Å². The fourth-order valence-electron chi connectivity index (χ4n) is 3.17. The van der Waals surface area contributed by atoms with Gasteiger partial charge in [0.15, 0.2) is 5.78 Å². The zero-order valence-electron chi connectivity index (χ0n) is 12.8. The maximum atomic E-state index is 12.3. The van der Waals surface area contributed by atoms with Crippen LogP contribution in [-0.2, 0) is 27.3 Å². The van der Waals surface area contributed by atoms with Gasteiger partial charge in [0, 0.05) is 23.9 Å². The number of rotatable bonds is 4. The average Bonchev–Trinajstić information content (AvgIpc) is 2.73. The Balaban J connectivity index is 2.08. The quantitative estimate of drug-likeness (QED) is 0.811. The summed E-state index contributed by atoms with van der Waals surface area (Å²) in [7, 11) is -3.47. The summed E-state index contributed by atoms with van der Waals surface area (Å²) in [6, 6.07) is 6.10. The molecule has 1 aliphatic rings. The van der Waals surface area contributed by atoms with Crippen LogP contribution in [0, 0.1) is 6.92 Å². The number of Topliss-reactive ketones (excluding diaryl/α,β-unsaturated/α-hetero) is 1. The lowest BCUT2D eigenvalue weighted by molar-refractivity contribution is 0.0963. The van der Waals surface area contributed by atoms with Crippen molar-refractivity contribution in [2.45, 2.75) is 32.7 Å². The van der Waals surface area contributed by atoms with Gasteiger partial charge in [-0.3, -0.25) is 8.98 Å². The first kappa shape index (κ1) is 15.2. The number of aryl methyl sites for hydroxylation is 2. The number of benzene rings is 1. The Hall–Kier alpha value is -1.66. The molecule has 0 aliphatic heterocycles. The van der Waals surface area contributed by atoms with E-state index in [9.17, 15) is 13.2 Å². The second-order valence-corrected chi connectivity index (χ2v) is 7.45. The first-order valence-corrected chi connectivity index (χ1v) is 9.18. The number of hydrogen-bond acceptors (Lipinski definition) is 4. The van der Waals surface area contributed by atoms with Gasteiger partial charge in [-0.25, -0.2) is 0 Å². The van der Waals surface area contributed by atoms with Crippen molar-refractivity contribution in [1.29, 1.82) is 0 Å². The Morgan fingerprint density at radius 1 is 1.27 bits per heavy atom. The maximum absolute atomic E-state index is 12.3. The van der Waals surface area contributed by atoms with Gasteiger partial charge < -0.3 is 4.57 Å². The zero-order chi connectivity index (χ0) is 15.9. The lowest BCUT2D eigenvalue weighted by Crippen LogP contribution is -2.18. The van der Waals surface area contributed by atoms with Crippen molar-refractivity contribution in [3.05, 3.63) is 35.0 Å². The van der Waals surface area contributed by atoms with Crippen molar-refractivity contribution in [2.24, 2.45) is 0 Å². The molecule has 1 aliphatic carbocycles. The van der Waals surface area contributed by atoms with E-state index in [-0.39, 0.29) is 12.4 Å². The lowest BCUT2D eigenvalue weighted by atomic mass is 9.94. The predicted octanol–water partition coefficient (Wildman–Crippen LogP) is 2.44. The van der Waals surface area contributed by atoms with Gasteiger partial charge in [0.2, 0.25) is 0 Å². The molecular weight excluding hydrogens is 302 g/mol. The molecule has 0 radical (unpaired) electrons. The summed E-state index contributed by atoms with van der Waals surface area (Å²) < 4.78 is 29.0. The predicted molar refractivity (Wildman–Crippen MR) is 84.7 cm³/mol. The molecule has 0 fully saturated rings. The second-order valence-electron chi connectivity index (χ2n) is 5.80. The van der Waals surface area contributed by atoms with Crippen LogP contribution < -0.4 is 0 Å². The number of carbonyl (C=O) groups is 1. The molecule has 0 bridgehead atoms. The second kappa shape index (κ2) is 5.52. The van der Waals surface area contributed by atoms with E-state index in [1.165, 1.54) is 0 Å². The Bertz CT molecular complexity index is 849. The summed E-state index contributed by atoms with van der Waals surface area (Å²) in [5, 5.41) is 1.10. The van der Waals surface area contributed by atoms with Crippen LogP contribution in [0.5, 0.6) is 0 Å². The summed E-state index contributed by atoms with van der Waals surface area (Å²) in [6.07, 6.45) is 3.35. The number of aromatic nitrogens is 1. The van der Waals surface area contributed by atoms with Crippen LogP contribution in [0.2, 0.25) is 0 Å². The van der Waals surface area contributed by atoms with E-state index in [1.807, 2.05) is 23.6 Å². The first-order chi connectivity index (χ1) is 10.4. The molecule has 0 unspecified atom stereocenters. The zero-order valence-corrected chi connectivity index (χ0v) is 13.6. The van der Waals surface area contributed by atoms with Gasteiger partial charge in [-0.15, -0.1) is 0 Å². The molecule has 0 saturated carbocycles. The number of nitrogens with zero attached hydrogens (tertiary/aromatic N) is 1. The molecule has 5 nitrogen and oxygen atoms in total. The van der Waals surface area contributed by atoms with Crippen molar-refractivity contribution in [1.82, 2.24) is 4.57 Å². The van der Waals surface area contributed by atoms with Crippen LogP contribution in [0.1, 0.15) is 34.5 Å². The van der Waals surface area contributed by atoms with Gasteiger partial charge in [-0.05, 0) is 37.5 Å². The van der Waals surface area contributed by atoms with E-state index in [1.54, 1.807) is 0 Å². The summed E-state index contributed by atoms with van der Waals surface area (Å²) in [5.41, 5.74) is 3.94. The van der Waals surface area contributed by atoms with Crippen LogP contribution in [0.25, 0.3) is 10.9 Å². The van der Waals surface area contributed by atoms with Crippen LogP contribution in [0.4, 0.5) is 0 Å². The Morgan fingerprint density at radius 3 is 2.77 bits per heavy atom. The molecule has 1 aromatic carbocycles. The van der Waals surface area contributed by atoms with E-state index in [4.69, 9.17) is 4.18 Å². The van der Waals surface area contributed by atoms with Crippen molar-refractivity contribution in [3.8, 4) is 0 Å². The largest absolute Gasteiger partial charge is 0.335 e. The van der Waals surface area contributed by atoms with E-state index >= 15 is 0 Å². The highest BCUT2D eigenvalue weighted by molar-refractivity contribution is 7.85. The van der Waals surface area contributed by atoms with Crippen LogP contribution in [0.3, 0.4) is 0 Å². The summed E-state index contributed by atoms with van der Waals surface area (Å²) >= 11 is 0. The van der Waals surface area contributed by atoms with Crippen molar-refractivity contribution in [2.75, 3.05) is 12.9 Å². The van der Waals surface area contributed by atoms with Gasteiger partial charge in [0.05, 0.1) is 18.6 Å². The van der Waals surface area contributed by atoms with Crippen molar-refractivity contribution >= 4 is 26.8 Å². The molecule has 0 spiro atoms. The molecule has 22 heavy (non-hydrogen) atoms. The minimum atomic E-state index is -3.47. The Morgan fingerprint density at radius 2 is 2.05 bits per heavy atom. The molecule has 3 rings (SSSR count). The monoisotopic (exact) mass is 321 g/mol. The molecule has 1 heterocycles. The van der Waals surface area contributed by atoms with E-state index in [0.717, 1.165) is 46.8 Å². The topological polar surface area (TPSA) is 65.4 Å². The summed E-state index contributed by atoms with van der Waals surface area (Å²) in [4.78, 5) is 12.3. The molecule has 6 heteroatoms.